The number of aromatic nitrogens is 5. The van der Waals surface area contributed by atoms with Gasteiger partial charge in [-0.05, 0) is 19.1 Å². The fraction of sp³-hybridized carbons (Fsp3) is 0.240. The van der Waals surface area contributed by atoms with Crippen LogP contribution in [0.3, 0.4) is 0 Å². The Bertz CT molecular complexity index is 1610. The number of hydrogen-bond acceptors (Lipinski definition) is 10. The van der Waals surface area contributed by atoms with Gasteiger partial charge < -0.3 is 14.4 Å². The van der Waals surface area contributed by atoms with E-state index in [2.05, 4.69) is 30.2 Å². The first-order valence-electron chi connectivity index (χ1n) is 11.6. The van der Waals surface area contributed by atoms with Crippen LogP contribution in [0.5, 0.6) is 11.6 Å². The van der Waals surface area contributed by atoms with Gasteiger partial charge in [-0.25, -0.2) is 28.7 Å². The number of carbonyl (C=O) groups excluding carboxylic acids is 2. The lowest BCUT2D eigenvalue weighted by Gasteiger charge is -2.16. The molecule has 0 spiro atoms. The van der Waals surface area contributed by atoms with Crippen LogP contribution in [-0.2, 0) is 13.1 Å². The molecule has 2 amide bonds. The standard InChI is InChI=1S/C25H20ClF2N7O4S/c1-11-4-12(13-5-19(26)30-8-17(13)38-2)14(6-29-11)22(36)34-25-33-16-9-35(10-18(16)40-25)24(37)20-23(39-3)31-7-15(32-20)21(27)28/h4-8,21H,9-10H2,1-3H3,(H,33,34,36). The zero-order valence-electron chi connectivity index (χ0n) is 21.2. The molecule has 0 aromatic carbocycles. The highest BCUT2D eigenvalue weighted by Gasteiger charge is 2.32. The second-order valence-electron chi connectivity index (χ2n) is 8.54. The van der Waals surface area contributed by atoms with Gasteiger partial charge in [0.15, 0.2) is 10.8 Å². The van der Waals surface area contributed by atoms with Gasteiger partial charge in [0.1, 0.15) is 16.6 Å². The van der Waals surface area contributed by atoms with E-state index in [9.17, 15) is 18.4 Å². The summed E-state index contributed by atoms with van der Waals surface area (Å²) in [6.07, 6.45) is 0.904. The minimum absolute atomic E-state index is 0.0916. The number of alkyl halides is 2. The zero-order chi connectivity index (χ0) is 28.6. The van der Waals surface area contributed by atoms with Crippen LogP contribution in [0, 0.1) is 6.92 Å². The van der Waals surface area contributed by atoms with Crippen molar-refractivity contribution in [3.05, 3.63) is 69.1 Å². The lowest BCUT2D eigenvalue weighted by Crippen LogP contribution is -2.27. The molecule has 0 unspecified atom stereocenters. The quantitative estimate of drug-likeness (QED) is 0.305. The zero-order valence-corrected chi connectivity index (χ0v) is 22.8. The van der Waals surface area contributed by atoms with Crippen LogP contribution in [0.1, 0.15) is 49.2 Å². The number of methoxy groups -OCH3 is 2. The number of ether oxygens (including phenoxy) is 2. The Morgan fingerprint density at radius 2 is 1.85 bits per heavy atom. The Labute approximate surface area is 235 Å². The number of amides is 2. The Morgan fingerprint density at radius 3 is 2.55 bits per heavy atom. The third-order valence-corrected chi connectivity index (χ3v) is 7.17. The monoisotopic (exact) mass is 587 g/mol. The van der Waals surface area contributed by atoms with Crippen molar-refractivity contribution in [3.8, 4) is 22.8 Å². The smallest absolute Gasteiger partial charge is 0.281 e. The number of carbonyl (C=O) groups is 2. The van der Waals surface area contributed by atoms with Crippen molar-refractivity contribution in [3.63, 3.8) is 0 Å². The van der Waals surface area contributed by atoms with E-state index in [1.54, 1.807) is 19.1 Å². The van der Waals surface area contributed by atoms with E-state index in [4.69, 9.17) is 21.1 Å². The van der Waals surface area contributed by atoms with E-state index >= 15 is 0 Å². The molecule has 1 aliphatic rings. The SMILES string of the molecule is COc1cnc(Cl)cc1-c1cc(C)ncc1C(=O)Nc1nc2c(s1)CN(C(=O)c1nc(C(F)F)cnc1OC)C2. The Kier molecular flexibility index (Phi) is 7.54. The summed E-state index contributed by atoms with van der Waals surface area (Å²) in [4.78, 5) is 48.8. The maximum absolute atomic E-state index is 13.3. The molecule has 4 aromatic heterocycles. The number of rotatable bonds is 7. The number of thiazole rings is 1. The Morgan fingerprint density at radius 1 is 1.05 bits per heavy atom. The molecule has 0 atom stereocenters. The van der Waals surface area contributed by atoms with Crippen molar-refractivity contribution < 1.29 is 27.8 Å². The molecule has 0 bridgehead atoms. The van der Waals surface area contributed by atoms with E-state index in [1.807, 2.05) is 0 Å². The molecule has 1 N–H and O–H groups in total. The van der Waals surface area contributed by atoms with Crippen molar-refractivity contribution in [1.29, 1.82) is 0 Å². The van der Waals surface area contributed by atoms with Gasteiger partial charge in [-0.3, -0.25) is 19.9 Å². The van der Waals surface area contributed by atoms with Gasteiger partial charge in [-0.1, -0.05) is 22.9 Å². The normalized spacial score (nSPS) is 12.4. The average Bonchev–Trinajstić information content (AvgIpc) is 3.51. The molecule has 0 aliphatic carbocycles. The van der Waals surface area contributed by atoms with Gasteiger partial charge in [-0.15, -0.1) is 0 Å². The van der Waals surface area contributed by atoms with Crippen molar-refractivity contribution in [2.75, 3.05) is 19.5 Å². The highest BCUT2D eigenvalue weighted by atomic mass is 35.5. The third kappa shape index (κ3) is 5.27. The summed E-state index contributed by atoms with van der Waals surface area (Å²) in [6, 6.07) is 3.35. The predicted molar refractivity (Wildman–Crippen MR) is 141 cm³/mol. The lowest BCUT2D eigenvalue weighted by atomic mass is 10.0. The first-order chi connectivity index (χ1) is 19.2. The number of pyridine rings is 2. The van der Waals surface area contributed by atoms with E-state index in [0.29, 0.717) is 33.4 Å². The maximum Gasteiger partial charge on any atom is 0.281 e. The number of hydrogen-bond donors (Lipinski definition) is 1. The highest BCUT2D eigenvalue weighted by Crippen LogP contribution is 2.36. The van der Waals surface area contributed by atoms with Crippen LogP contribution in [-0.4, -0.2) is 55.9 Å². The second-order valence-corrected chi connectivity index (χ2v) is 10.0. The molecule has 5 heterocycles. The molecule has 0 saturated carbocycles. The molecule has 11 nitrogen and oxygen atoms in total. The van der Waals surface area contributed by atoms with Crippen LogP contribution < -0.4 is 14.8 Å². The molecule has 5 rings (SSSR count). The van der Waals surface area contributed by atoms with Crippen LogP contribution in [0.2, 0.25) is 5.15 Å². The first-order valence-corrected chi connectivity index (χ1v) is 12.8. The van der Waals surface area contributed by atoms with Crippen molar-refractivity contribution in [2.24, 2.45) is 0 Å². The number of anilines is 1. The second kappa shape index (κ2) is 11.1. The molecule has 1 aliphatic heterocycles. The summed E-state index contributed by atoms with van der Waals surface area (Å²) in [7, 11) is 2.76. The molecule has 0 fully saturated rings. The maximum atomic E-state index is 13.3. The van der Waals surface area contributed by atoms with Gasteiger partial charge in [0.2, 0.25) is 5.88 Å². The van der Waals surface area contributed by atoms with E-state index in [0.717, 1.165) is 11.1 Å². The molecule has 0 saturated heterocycles. The van der Waals surface area contributed by atoms with Crippen LogP contribution in [0.4, 0.5) is 13.9 Å². The Balaban J connectivity index is 1.35. The molecule has 0 radical (unpaired) electrons. The third-order valence-electron chi connectivity index (χ3n) is 5.97. The largest absolute Gasteiger partial charge is 0.494 e. The van der Waals surface area contributed by atoms with Crippen LogP contribution in [0.25, 0.3) is 11.1 Å². The van der Waals surface area contributed by atoms with Crippen molar-refractivity contribution in [1.82, 2.24) is 29.8 Å². The van der Waals surface area contributed by atoms with E-state index in [-0.39, 0.29) is 35.4 Å². The van der Waals surface area contributed by atoms with Gasteiger partial charge in [0, 0.05) is 23.0 Å². The van der Waals surface area contributed by atoms with Crippen molar-refractivity contribution >= 4 is 39.9 Å². The summed E-state index contributed by atoms with van der Waals surface area (Å²) in [6.45, 7) is 2.04. The fourth-order valence-electron chi connectivity index (χ4n) is 4.09. The van der Waals surface area contributed by atoms with Gasteiger partial charge in [0.25, 0.3) is 18.2 Å². The molecule has 15 heteroatoms. The highest BCUT2D eigenvalue weighted by molar-refractivity contribution is 7.16. The minimum Gasteiger partial charge on any atom is -0.494 e. The van der Waals surface area contributed by atoms with Gasteiger partial charge >= 0.3 is 0 Å². The summed E-state index contributed by atoms with van der Waals surface area (Å²) in [5.74, 6) is -0.799. The summed E-state index contributed by atoms with van der Waals surface area (Å²) in [5, 5.41) is 3.35. The lowest BCUT2D eigenvalue weighted by molar-refractivity contribution is 0.0737. The van der Waals surface area contributed by atoms with E-state index < -0.39 is 23.9 Å². The topological polar surface area (TPSA) is 132 Å². The molecular weight excluding hydrogens is 568 g/mol. The molecular formula is C25H20ClF2N7O4S. The predicted octanol–water partition coefficient (Wildman–Crippen LogP) is 4.72. The minimum atomic E-state index is -2.89. The summed E-state index contributed by atoms with van der Waals surface area (Å²) in [5.41, 5.74) is 1.70. The summed E-state index contributed by atoms with van der Waals surface area (Å²) < 4.78 is 36.7. The fourth-order valence-corrected chi connectivity index (χ4v) is 5.23. The van der Waals surface area contributed by atoms with Gasteiger partial charge in [0.05, 0.1) is 55.8 Å². The number of halogens is 3. The van der Waals surface area contributed by atoms with Crippen LogP contribution >= 0.6 is 22.9 Å². The number of nitrogens with zero attached hydrogens (tertiary/aromatic N) is 6. The van der Waals surface area contributed by atoms with Crippen LogP contribution in [0.15, 0.2) is 30.7 Å². The number of nitrogens with one attached hydrogen (secondary N) is 1. The van der Waals surface area contributed by atoms with Gasteiger partial charge in [-0.2, -0.15) is 0 Å². The number of aryl methyl sites for hydroxylation is 1. The number of fused-ring (bicyclic) bond motifs is 1. The summed E-state index contributed by atoms with van der Waals surface area (Å²) >= 11 is 7.31. The Hall–Kier alpha value is -4.30. The first kappa shape index (κ1) is 27.3. The average molecular weight is 588 g/mol. The molecule has 4 aromatic rings. The molecule has 206 valence electrons. The van der Waals surface area contributed by atoms with Crippen molar-refractivity contribution in [2.45, 2.75) is 26.4 Å². The van der Waals surface area contributed by atoms with E-state index in [1.165, 1.54) is 42.8 Å². The molecule has 40 heavy (non-hydrogen) atoms.